The number of rotatable bonds is 6. The number of aromatic nitrogens is 1. The lowest BCUT2D eigenvalue weighted by Gasteiger charge is -2.33. The van der Waals surface area contributed by atoms with Crippen LogP contribution in [0.2, 0.25) is 0 Å². The highest BCUT2D eigenvalue weighted by Crippen LogP contribution is 2.52. The van der Waals surface area contributed by atoms with E-state index in [1.807, 2.05) is 78.9 Å². The number of hydrogen-bond donors (Lipinski definition) is 0. The molecule has 218 valence electrons. The van der Waals surface area contributed by atoms with Crippen LogP contribution in [0.5, 0.6) is 23.0 Å². The van der Waals surface area contributed by atoms with E-state index < -0.39 is 9.84 Å². The van der Waals surface area contributed by atoms with Gasteiger partial charge in [-0.15, -0.1) is 0 Å². The molecule has 5 aromatic carbocycles. The number of fused-ring (bicyclic) bond motifs is 3. The molecule has 2 heterocycles. The van der Waals surface area contributed by atoms with Crippen molar-refractivity contribution in [2.24, 2.45) is 0 Å². The van der Waals surface area contributed by atoms with Crippen LogP contribution in [0.15, 0.2) is 120 Å². The summed E-state index contributed by atoms with van der Waals surface area (Å²) in [5.41, 5.74) is 6.80. The lowest BCUT2D eigenvalue weighted by Crippen LogP contribution is -2.16. The highest BCUT2D eigenvalue weighted by Gasteiger charge is 2.27. The largest absolute Gasteiger partial charge is 0.493 e. The second kappa shape index (κ2) is 10.7. The number of sulfone groups is 1. The molecule has 1 aromatic heterocycles. The first-order valence-corrected chi connectivity index (χ1v) is 15.9. The fourth-order valence-corrected chi connectivity index (χ4v) is 6.27. The Morgan fingerprint density at radius 2 is 1.27 bits per heavy atom. The van der Waals surface area contributed by atoms with Gasteiger partial charge >= 0.3 is 0 Å². The Bertz CT molecular complexity index is 2120. The molecule has 1 aliphatic heterocycles. The summed E-state index contributed by atoms with van der Waals surface area (Å²) in [6.07, 6.45) is 1.20. The second-order valence-electron chi connectivity index (χ2n) is 10.5. The van der Waals surface area contributed by atoms with Crippen LogP contribution in [-0.4, -0.2) is 33.9 Å². The van der Waals surface area contributed by atoms with Gasteiger partial charge < -0.3 is 19.1 Å². The number of hydrogen-bond acceptors (Lipinski definition) is 7. The molecule has 0 saturated carbocycles. The zero-order valence-electron chi connectivity index (χ0n) is 24.3. The molecule has 0 amide bonds. The number of anilines is 3. The summed E-state index contributed by atoms with van der Waals surface area (Å²) in [5.74, 6) is 2.74. The van der Waals surface area contributed by atoms with Crippen LogP contribution in [0.25, 0.3) is 33.3 Å². The normalized spacial score (nSPS) is 12.3. The summed E-state index contributed by atoms with van der Waals surface area (Å²) in [5, 5.41) is 0.938. The summed E-state index contributed by atoms with van der Waals surface area (Å²) >= 11 is 0. The molecule has 0 fully saturated rings. The molecule has 7 rings (SSSR count). The summed E-state index contributed by atoms with van der Waals surface area (Å²) in [6, 6.07) is 36.7. The average Bonchev–Trinajstić information content (AvgIpc) is 3.05. The van der Waals surface area contributed by atoms with Gasteiger partial charge in [0.15, 0.2) is 32.8 Å². The van der Waals surface area contributed by atoms with Crippen molar-refractivity contribution >= 4 is 37.8 Å². The Morgan fingerprint density at radius 1 is 0.659 bits per heavy atom. The Hall–Kier alpha value is -5.34. The third kappa shape index (κ3) is 4.69. The fraction of sp³-hybridized carbons (Fsp3) is 0.0833. The van der Waals surface area contributed by atoms with Crippen LogP contribution in [-0.2, 0) is 9.84 Å². The van der Waals surface area contributed by atoms with Crippen molar-refractivity contribution in [2.75, 3.05) is 25.4 Å². The molecule has 0 spiro atoms. The SMILES string of the molecule is COc1ccc(-c2cc(-c3ccc(S(C)(=O)=O)cc3)nc3c(N4c5ccccc5Oc5ccccc54)cccc23)cc1OC. The first-order chi connectivity index (χ1) is 21.4. The van der Waals surface area contributed by atoms with Gasteiger partial charge in [-0.2, -0.15) is 0 Å². The van der Waals surface area contributed by atoms with Crippen molar-refractivity contribution in [2.45, 2.75) is 4.90 Å². The van der Waals surface area contributed by atoms with Crippen LogP contribution in [0.1, 0.15) is 0 Å². The van der Waals surface area contributed by atoms with E-state index in [1.54, 1.807) is 38.5 Å². The quantitative estimate of drug-likeness (QED) is 0.189. The minimum absolute atomic E-state index is 0.254. The molecular weight excluding hydrogens is 572 g/mol. The maximum Gasteiger partial charge on any atom is 0.175 e. The zero-order valence-corrected chi connectivity index (χ0v) is 25.1. The van der Waals surface area contributed by atoms with E-state index in [9.17, 15) is 8.42 Å². The summed E-state index contributed by atoms with van der Waals surface area (Å²) in [7, 11) is -0.114. The number of benzene rings is 5. The molecule has 44 heavy (non-hydrogen) atoms. The molecule has 0 aliphatic carbocycles. The van der Waals surface area contributed by atoms with Crippen LogP contribution < -0.4 is 19.1 Å². The molecule has 7 nitrogen and oxygen atoms in total. The molecule has 0 radical (unpaired) electrons. The van der Waals surface area contributed by atoms with E-state index in [0.717, 1.165) is 56.2 Å². The highest BCUT2D eigenvalue weighted by molar-refractivity contribution is 7.90. The van der Waals surface area contributed by atoms with Gasteiger partial charge in [-0.3, -0.25) is 0 Å². The third-order valence-electron chi connectivity index (χ3n) is 7.76. The minimum Gasteiger partial charge on any atom is -0.493 e. The van der Waals surface area contributed by atoms with Gasteiger partial charge in [0.1, 0.15) is 0 Å². The van der Waals surface area contributed by atoms with Crippen molar-refractivity contribution in [3.63, 3.8) is 0 Å². The molecule has 0 unspecified atom stereocenters. The Labute approximate surface area is 255 Å². The predicted octanol–water partition coefficient (Wildman–Crippen LogP) is 8.57. The fourth-order valence-electron chi connectivity index (χ4n) is 5.64. The van der Waals surface area contributed by atoms with Gasteiger partial charge in [-0.25, -0.2) is 13.4 Å². The van der Waals surface area contributed by atoms with Crippen molar-refractivity contribution in [3.8, 4) is 45.4 Å². The van der Waals surface area contributed by atoms with Gasteiger partial charge in [-0.05, 0) is 71.8 Å². The standard InChI is InChI=1S/C36H28N2O5S/c1-41-34-20-17-24(21-35(34)42-2)27-22-28(23-15-18-25(19-16-23)44(3,39)40)37-36-26(27)9-8-12-31(36)38-29-10-4-6-13-32(29)43-33-14-7-5-11-30(33)38/h4-22H,1-3H3. The van der Waals surface area contributed by atoms with Gasteiger partial charge in [0.25, 0.3) is 0 Å². The average molecular weight is 601 g/mol. The van der Waals surface area contributed by atoms with Gasteiger partial charge in [0, 0.05) is 17.2 Å². The Morgan fingerprint density at radius 3 is 1.91 bits per heavy atom. The molecule has 1 aliphatic rings. The molecule has 0 saturated heterocycles. The van der Waals surface area contributed by atoms with E-state index in [1.165, 1.54) is 6.26 Å². The van der Waals surface area contributed by atoms with E-state index in [4.69, 9.17) is 19.2 Å². The maximum absolute atomic E-state index is 12.2. The molecule has 0 atom stereocenters. The summed E-state index contributed by atoms with van der Waals surface area (Å²) in [4.78, 5) is 7.67. The van der Waals surface area contributed by atoms with Crippen LogP contribution in [0.4, 0.5) is 17.1 Å². The van der Waals surface area contributed by atoms with E-state index in [-0.39, 0.29) is 4.90 Å². The molecule has 0 N–H and O–H groups in total. The van der Waals surface area contributed by atoms with Crippen LogP contribution in [0, 0.1) is 0 Å². The minimum atomic E-state index is -3.34. The summed E-state index contributed by atoms with van der Waals surface area (Å²) < 4.78 is 41.8. The maximum atomic E-state index is 12.2. The second-order valence-corrected chi connectivity index (χ2v) is 12.5. The number of nitrogens with zero attached hydrogens (tertiary/aromatic N) is 2. The van der Waals surface area contributed by atoms with E-state index >= 15 is 0 Å². The molecule has 6 aromatic rings. The number of ether oxygens (including phenoxy) is 3. The van der Waals surface area contributed by atoms with Crippen LogP contribution >= 0.6 is 0 Å². The van der Waals surface area contributed by atoms with Crippen molar-refractivity contribution in [1.82, 2.24) is 4.98 Å². The molecule has 0 bridgehead atoms. The lowest BCUT2D eigenvalue weighted by molar-refractivity contribution is 0.355. The van der Waals surface area contributed by atoms with Gasteiger partial charge in [-0.1, -0.05) is 54.6 Å². The van der Waals surface area contributed by atoms with Crippen molar-refractivity contribution < 1.29 is 22.6 Å². The Balaban J connectivity index is 1.52. The van der Waals surface area contributed by atoms with Crippen molar-refractivity contribution in [3.05, 3.63) is 115 Å². The van der Waals surface area contributed by atoms with Crippen molar-refractivity contribution in [1.29, 1.82) is 0 Å². The van der Waals surface area contributed by atoms with E-state index in [2.05, 4.69) is 17.0 Å². The molecule has 8 heteroatoms. The van der Waals surface area contributed by atoms with Crippen LogP contribution in [0.3, 0.4) is 0 Å². The predicted molar refractivity (Wildman–Crippen MR) is 174 cm³/mol. The third-order valence-corrected chi connectivity index (χ3v) is 8.89. The van der Waals surface area contributed by atoms with Gasteiger partial charge in [0.2, 0.25) is 0 Å². The zero-order chi connectivity index (χ0) is 30.4. The number of methoxy groups -OCH3 is 2. The number of para-hydroxylation sites is 5. The highest BCUT2D eigenvalue weighted by atomic mass is 32.2. The topological polar surface area (TPSA) is 78.0 Å². The monoisotopic (exact) mass is 600 g/mol. The first kappa shape index (κ1) is 27.5. The van der Waals surface area contributed by atoms with Gasteiger partial charge in [0.05, 0.1) is 47.4 Å². The first-order valence-electron chi connectivity index (χ1n) is 14.0. The smallest absolute Gasteiger partial charge is 0.175 e. The summed E-state index contributed by atoms with van der Waals surface area (Å²) in [6.45, 7) is 0. The van der Waals surface area contributed by atoms with E-state index in [0.29, 0.717) is 17.2 Å². The number of pyridine rings is 1. The Kier molecular flexibility index (Phi) is 6.71. The lowest BCUT2D eigenvalue weighted by atomic mass is 9.96. The molecular formula is C36H28N2O5S.